The number of nitrogens with one attached hydrogen (secondary N) is 1. The predicted molar refractivity (Wildman–Crippen MR) is 124 cm³/mol. The van der Waals surface area contributed by atoms with Crippen molar-refractivity contribution < 1.29 is 18.7 Å². The molecule has 2 aromatic heterocycles. The van der Waals surface area contributed by atoms with E-state index >= 15 is 0 Å². The maximum Gasteiger partial charge on any atom is 0.272 e. The number of methoxy groups -OCH3 is 2. The minimum Gasteiger partial charge on any atom is -0.497 e. The number of hydrogen-bond donors (Lipinski definition) is 1. The number of allylic oxidation sites excluding steroid dienone is 1. The summed E-state index contributed by atoms with van der Waals surface area (Å²) in [5.41, 5.74) is 5.00. The van der Waals surface area contributed by atoms with Crippen LogP contribution in [-0.4, -0.2) is 31.3 Å². The average Bonchev–Trinajstić information content (AvgIpc) is 3.36. The summed E-state index contributed by atoms with van der Waals surface area (Å²) in [6.07, 6.45) is 6.48. The van der Waals surface area contributed by atoms with Gasteiger partial charge in [-0.2, -0.15) is 5.10 Å². The van der Waals surface area contributed by atoms with Crippen molar-refractivity contribution in [3.05, 3.63) is 84.3 Å². The van der Waals surface area contributed by atoms with Crippen LogP contribution in [-0.2, 0) is 0 Å². The molecule has 2 heterocycles. The molecular formula is C25H21N3O4. The van der Waals surface area contributed by atoms with Crippen LogP contribution in [0.2, 0.25) is 0 Å². The lowest BCUT2D eigenvalue weighted by Gasteiger charge is -2.13. The zero-order valence-electron chi connectivity index (χ0n) is 17.6. The van der Waals surface area contributed by atoms with Crippen LogP contribution in [0.3, 0.4) is 0 Å². The third-order valence-electron chi connectivity index (χ3n) is 4.77. The monoisotopic (exact) mass is 427 g/mol. The van der Waals surface area contributed by atoms with E-state index in [9.17, 15) is 4.79 Å². The maximum absolute atomic E-state index is 13.0. The second-order valence-electron chi connectivity index (χ2n) is 6.73. The molecule has 0 fully saturated rings. The van der Waals surface area contributed by atoms with Gasteiger partial charge < -0.3 is 13.9 Å². The quantitative estimate of drug-likeness (QED) is 0.333. The highest BCUT2D eigenvalue weighted by Crippen LogP contribution is 2.34. The Balaban J connectivity index is 1.68. The van der Waals surface area contributed by atoms with Crippen molar-refractivity contribution in [2.45, 2.75) is 0 Å². The number of carbonyl (C=O) groups excluding carboxylic acids is 1. The second kappa shape index (κ2) is 9.61. The number of benzene rings is 2. The first-order valence-electron chi connectivity index (χ1n) is 9.85. The lowest BCUT2D eigenvalue weighted by molar-refractivity contribution is 0.0956. The Bertz CT molecular complexity index is 1290. The van der Waals surface area contributed by atoms with Crippen molar-refractivity contribution in [1.82, 2.24) is 10.4 Å². The number of para-hydroxylation sites is 1. The van der Waals surface area contributed by atoms with Crippen molar-refractivity contribution in [2.75, 3.05) is 14.2 Å². The molecule has 160 valence electrons. The topological polar surface area (TPSA) is 86.0 Å². The smallest absolute Gasteiger partial charge is 0.272 e. The minimum atomic E-state index is -0.352. The number of pyridine rings is 1. The van der Waals surface area contributed by atoms with E-state index in [2.05, 4.69) is 10.5 Å². The molecule has 2 aromatic carbocycles. The Morgan fingerprint density at radius 3 is 2.72 bits per heavy atom. The fourth-order valence-electron chi connectivity index (χ4n) is 3.24. The normalized spacial score (nSPS) is 11.3. The summed E-state index contributed by atoms with van der Waals surface area (Å²) >= 11 is 0. The number of hydrazone groups is 1. The molecular weight excluding hydrogens is 406 g/mol. The number of carbonyl (C=O) groups is 1. The molecule has 0 atom stereocenters. The van der Waals surface area contributed by atoms with Gasteiger partial charge >= 0.3 is 0 Å². The Morgan fingerprint density at radius 2 is 1.94 bits per heavy atom. The molecule has 4 aromatic rings. The van der Waals surface area contributed by atoms with Gasteiger partial charge in [-0.05, 0) is 54.6 Å². The van der Waals surface area contributed by atoms with Crippen LogP contribution < -0.4 is 14.9 Å². The van der Waals surface area contributed by atoms with Crippen LogP contribution >= 0.6 is 0 Å². The fraction of sp³-hybridized carbons (Fsp3) is 0.0800. The summed E-state index contributed by atoms with van der Waals surface area (Å²) in [7, 11) is 3.18. The van der Waals surface area contributed by atoms with Crippen molar-refractivity contribution in [2.24, 2.45) is 5.10 Å². The van der Waals surface area contributed by atoms with Gasteiger partial charge in [0.15, 0.2) is 0 Å². The number of rotatable bonds is 7. The van der Waals surface area contributed by atoms with Gasteiger partial charge in [-0.3, -0.25) is 4.79 Å². The fourth-order valence-corrected chi connectivity index (χ4v) is 3.24. The van der Waals surface area contributed by atoms with Gasteiger partial charge in [0.05, 0.1) is 37.3 Å². The first-order valence-corrected chi connectivity index (χ1v) is 9.85. The van der Waals surface area contributed by atoms with Crippen molar-refractivity contribution >= 4 is 29.1 Å². The molecule has 0 saturated carbocycles. The zero-order chi connectivity index (χ0) is 22.3. The van der Waals surface area contributed by atoms with E-state index in [0.29, 0.717) is 34.0 Å². The van der Waals surface area contributed by atoms with Gasteiger partial charge in [0.25, 0.3) is 5.91 Å². The Labute approximate surface area is 185 Å². The van der Waals surface area contributed by atoms with E-state index in [0.717, 1.165) is 10.9 Å². The molecule has 0 radical (unpaired) electrons. The van der Waals surface area contributed by atoms with E-state index in [1.165, 1.54) is 6.21 Å². The first kappa shape index (κ1) is 20.9. The number of aromatic nitrogens is 1. The number of amides is 1. The van der Waals surface area contributed by atoms with Gasteiger partial charge in [0.2, 0.25) is 0 Å². The van der Waals surface area contributed by atoms with Gasteiger partial charge in [0, 0.05) is 17.2 Å². The standard InChI is InChI=1S/C25H21N3O4/c1-30-18-11-12-24(31-2)21(15-18)23-16-20(19-9-3-4-10-22(19)27-23)25(29)28-26-13-5-7-17-8-6-14-32-17/h3-16H,1-2H3,(H,28,29)/b7-5-,26-13?. The van der Waals surface area contributed by atoms with Crippen LogP contribution in [0.1, 0.15) is 16.1 Å². The summed E-state index contributed by atoms with van der Waals surface area (Å²) < 4.78 is 16.1. The Hall–Kier alpha value is -4.39. The molecule has 0 aliphatic rings. The second-order valence-corrected chi connectivity index (χ2v) is 6.73. The number of furan rings is 1. The van der Waals surface area contributed by atoms with E-state index in [4.69, 9.17) is 18.9 Å². The third kappa shape index (κ3) is 4.52. The highest BCUT2D eigenvalue weighted by Gasteiger charge is 2.16. The average molecular weight is 427 g/mol. The third-order valence-corrected chi connectivity index (χ3v) is 4.77. The maximum atomic E-state index is 13.0. The lowest BCUT2D eigenvalue weighted by Crippen LogP contribution is -2.18. The molecule has 4 rings (SSSR count). The van der Waals surface area contributed by atoms with Crippen LogP contribution in [0.4, 0.5) is 0 Å². The van der Waals surface area contributed by atoms with Crippen molar-refractivity contribution in [3.63, 3.8) is 0 Å². The van der Waals surface area contributed by atoms with Crippen LogP contribution in [0.15, 0.2) is 82.5 Å². The number of fused-ring (bicyclic) bond motifs is 1. The van der Waals surface area contributed by atoms with E-state index in [-0.39, 0.29) is 5.91 Å². The summed E-state index contributed by atoms with van der Waals surface area (Å²) in [5.74, 6) is 1.63. The minimum absolute atomic E-state index is 0.352. The molecule has 0 unspecified atom stereocenters. The van der Waals surface area contributed by atoms with Crippen molar-refractivity contribution in [3.8, 4) is 22.8 Å². The summed E-state index contributed by atoms with van der Waals surface area (Å²) in [4.78, 5) is 17.7. The molecule has 32 heavy (non-hydrogen) atoms. The number of hydrogen-bond acceptors (Lipinski definition) is 6. The molecule has 0 aliphatic heterocycles. The Kier molecular flexibility index (Phi) is 6.27. The molecule has 0 bridgehead atoms. The van der Waals surface area contributed by atoms with Crippen molar-refractivity contribution in [1.29, 1.82) is 0 Å². The predicted octanol–water partition coefficient (Wildman–Crippen LogP) is 4.94. The van der Waals surface area contributed by atoms with E-state index in [1.807, 2.05) is 42.5 Å². The largest absolute Gasteiger partial charge is 0.497 e. The van der Waals surface area contributed by atoms with E-state index in [1.54, 1.807) is 50.8 Å². The van der Waals surface area contributed by atoms with Crippen LogP contribution in [0, 0.1) is 0 Å². The molecule has 1 N–H and O–H groups in total. The molecule has 0 saturated heterocycles. The van der Waals surface area contributed by atoms with Gasteiger partial charge in [-0.15, -0.1) is 0 Å². The summed E-state index contributed by atoms with van der Waals surface area (Å²) in [5, 5.41) is 4.72. The summed E-state index contributed by atoms with van der Waals surface area (Å²) in [6, 6.07) is 18.2. The first-order chi connectivity index (χ1) is 15.7. The van der Waals surface area contributed by atoms with Gasteiger partial charge in [-0.1, -0.05) is 18.2 Å². The molecule has 0 aliphatic carbocycles. The molecule has 7 heteroatoms. The highest BCUT2D eigenvalue weighted by molar-refractivity contribution is 6.07. The van der Waals surface area contributed by atoms with Gasteiger partial charge in [-0.25, -0.2) is 10.4 Å². The summed E-state index contributed by atoms with van der Waals surface area (Å²) in [6.45, 7) is 0. The van der Waals surface area contributed by atoms with E-state index < -0.39 is 0 Å². The SMILES string of the molecule is COc1ccc(OC)c(-c2cc(C(=O)NN=C/C=C\c3ccco3)c3ccccc3n2)c1. The van der Waals surface area contributed by atoms with Crippen LogP contribution in [0.25, 0.3) is 28.2 Å². The van der Waals surface area contributed by atoms with Gasteiger partial charge in [0.1, 0.15) is 17.3 Å². The number of ether oxygens (including phenoxy) is 2. The molecule has 1 amide bonds. The Morgan fingerprint density at radius 1 is 1.06 bits per heavy atom. The molecule has 0 spiro atoms. The number of nitrogens with zero attached hydrogens (tertiary/aromatic N) is 2. The van der Waals surface area contributed by atoms with Crippen LogP contribution in [0.5, 0.6) is 11.5 Å². The molecule has 7 nitrogen and oxygen atoms in total. The zero-order valence-corrected chi connectivity index (χ0v) is 17.6. The lowest BCUT2D eigenvalue weighted by atomic mass is 10.0. The highest BCUT2D eigenvalue weighted by atomic mass is 16.5.